The topological polar surface area (TPSA) is 60.4 Å². The van der Waals surface area contributed by atoms with Gasteiger partial charge in [0.05, 0.1) is 17.4 Å². The number of hydrogen-bond donors (Lipinski definition) is 0. The molecule has 16 heavy (non-hydrogen) atoms. The van der Waals surface area contributed by atoms with Crippen molar-refractivity contribution in [2.24, 2.45) is 5.92 Å². The quantitative estimate of drug-likeness (QED) is 0.451. The summed E-state index contributed by atoms with van der Waals surface area (Å²) in [6.07, 6.45) is 0.329. The maximum atomic E-state index is 11.8. The first-order valence-electron chi connectivity index (χ1n) is 4.96. The van der Waals surface area contributed by atoms with Crippen LogP contribution in [0.3, 0.4) is 0 Å². The highest BCUT2D eigenvalue weighted by Gasteiger charge is 2.40. The molecule has 0 amide bonds. The fourth-order valence-corrected chi connectivity index (χ4v) is 2.67. The van der Waals surface area contributed by atoms with Crippen molar-refractivity contribution in [3.8, 4) is 0 Å². The second kappa shape index (κ2) is 4.17. The minimum absolute atomic E-state index is 0.146. The molecule has 1 atom stereocenters. The van der Waals surface area contributed by atoms with Crippen LogP contribution >= 0.6 is 11.3 Å². The molecule has 1 aliphatic carbocycles. The average Bonchev–Trinajstić information content (AvgIpc) is 2.81. The summed E-state index contributed by atoms with van der Waals surface area (Å²) in [6, 6.07) is 1.82. The molecule has 1 aromatic heterocycles. The van der Waals surface area contributed by atoms with Gasteiger partial charge in [0.15, 0.2) is 5.78 Å². The molecule has 1 heterocycles. The smallest absolute Gasteiger partial charge is 0.375 e. The van der Waals surface area contributed by atoms with Crippen molar-refractivity contribution >= 4 is 28.9 Å². The minimum Gasteiger partial charge on any atom is -0.460 e. The molecule has 0 radical (unpaired) electrons. The van der Waals surface area contributed by atoms with E-state index in [1.54, 1.807) is 6.92 Å². The summed E-state index contributed by atoms with van der Waals surface area (Å²) >= 11 is 1.31. The molecular formula is C11H10O4S. The van der Waals surface area contributed by atoms with E-state index >= 15 is 0 Å². The molecule has 0 spiro atoms. The first kappa shape index (κ1) is 11.0. The number of rotatable bonds is 3. The number of carbonyl (C=O) groups is 3. The molecule has 0 bridgehead atoms. The van der Waals surface area contributed by atoms with Crippen LogP contribution in [-0.4, -0.2) is 24.1 Å². The Bertz CT molecular complexity index is 460. The Morgan fingerprint density at radius 3 is 2.94 bits per heavy atom. The fourth-order valence-electron chi connectivity index (χ4n) is 1.74. The van der Waals surface area contributed by atoms with Crippen LogP contribution in [0.4, 0.5) is 0 Å². The predicted octanol–water partition coefficient (Wildman–Crippen LogP) is 1.24. The third kappa shape index (κ3) is 1.67. The molecule has 0 N–H and O–H groups in total. The van der Waals surface area contributed by atoms with E-state index in [-0.39, 0.29) is 12.4 Å². The predicted molar refractivity (Wildman–Crippen MR) is 57.5 cm³/mol. The Hall–Kier alpha value is -1.49. The Balaban J connectivity index is 2.15. The largest absolute Gasteiger partial charge is 0.460 e. The van der Waals surface area contributed by atoms with E-state index in [4.69, 9.17) is 0 Å². The van der Waals surface area contributed by atoms with E-state index in [1.165, 1.54) is 11.3 Å². The number of ether oxygens (including phenoxy) is 1. The van der Waals surface area contributed by atoms with E-state index in [0.29, 0.717) is 11.3 Å². The molecule has 0 saturated carbocycles. The molecular weight excluding hydrogens is 228 g/mol. The molecule has 84 valence electrons. The number of ketones is 2. The lowest BCUT2D eigenvalue weighted by atomic mass is 10.0. The van der Waals surface area contributed by atoms with Gasteiger partial charge >= 0.3 is 5.97 Å². The fraction of sp³-hybridized carbons (Fsp3) is 0.364. The second-order valence-electron chi connectivity index (χ2n) is 3.48. The molecule has 4 nitrogen and oxygen atoms in total. The van der Waals surface area contributed by atoms with Crippen molar-refractivity contribution in [2.75, 3.05) is 6.61 Å². The highest BCUT2D eigenvalue weighted by molar-refractivity contribution is 7.12. The van der Waals surface area contributed by atoms with Crippen molar-refractivity contribution in [1.29, 1.82) is 0 Å². The lowest BCUT2D eigenvalue weighted by molar-refractivity contribution is -0.154. The highest BCUT2D eigenvalue weighted by atomic mass is 32.1. The van der Waals surface area contributed by atoms with Crippen LogP contribution < -0.4 is 0 Å². The number of fused-ring (bicyclic) bond motifs is 1. The van der Waals surface area contributed by atoms with Crippen molar-refractivity contribution in [3.05, 3.63) is 21.9 Å². The minimum atomic E-state index is -0.906. The van der Waals surface area contributed by atoms with Crippen molar-refractivity contribution in [2.45, 2.75) is 13.3 Å². The van der Waals surface area contributed by atoms with Crippen LogP contribution in [0.5, 0.6) is 0 Å². The van der Waals surface area contributed by atoms with Gasteiger partial charge in [0.25, 0.3) is 5.78 Å². The number of Topliss-reactive ketones (excluding diaryl/α,β-unsaturated/α-hetero) is 2. The molecule has 0 aliphatic heterocycles. The second-order valence-corrected chi connectivity index (χ2v) is 4.40. The van der Waals surface area contributed by atoms with E-state index in [9.17, 15) is 14.4 Å². The van der Waals surface area contributed by atoms with E-state index in [2.05, 4.69) is 4.74 Å². The number of thiophene rings is 1. The number of esters is 1. The summed E-state index contributed by atoms with van der Waals surface area (Å²) in [5, 5.41) is 1.81. The van der Waals surface area contributed by atoms with Gasteiger partial charge in [-0.1, -0.05) is 0 Å². The summed E-state index contributed by atoms with van der Waals surface area (Å²) in [5.41, 5.74) is 0.859. The van der Waals surface area contributed by atoms with Crippen LogP contribution in [0.25, 0.3) is 0 Å². The van der Waals surface area contributed by atoms with Crippen molar-refractivity contribution < 1.29 is 19.1 Å². The molecule has 1 unspecified atom stereocenters. The van der Waals surface area contributed by atoms with Gasteiger partial charge in [0.1, 0.15) is 0 Å². The van der Waals surface area contributed by atoms with Crippen LogP contribution in [0, 0.1) is 5.92 Å². The maximum Gasteiger partial charge on any atom is 0.375 e. The third-order valence-electron chi connectivity index (χ3n) is 2.50. The van der Waals surface area contributed by atoms with E-state index < -0.39 is 17.7 Å². The first-order chi connectivity index (χ1) is 7.65. The molecule has 1 aliphatic rings. The monoisotopic (exact) mass is 238 g/mol. The van der Waals surface area contributed by atoms with E-state index in [1.807, 2.05) is 11.4 Å². The lowest BCUT2D eigenvalue weighted by Gasteiger charge is -2.05. The van der Waals surface area contributed by atoms with Gasteiger partial charge in [0.2, 0.25) is 0 Å². The van der Waals surface area contributed by atoms with Crippen molar-refractivity contribution in [3.63, 3.8) is 0 Å². The van der Waals surface area contributed by atoms with Gasteiger partial charge in [-0.2, -0.15) is 0 Å². The van der Waals surface area contributed by atoms with Gasteiger partial charge in [-0.3, -0.25) is 9.59 Å². The molecule has 0 aromatic carbocycles. The third-order valence-corrected chi connectivity index (χ3v) is 3.48. The Morgan fingerprint density at radius 2 is 2.31 bits per heavy atom. The molecule has 5 heteroatoms. The Kier molecular flexibility index (Phi) is 2.87. The highest BCUT2D eigenvalue weighted by Crippen LogP contribution is 2.31. The summed E-state index contributed by atoms with van der Waals surface area (Å²) in [5.74, 6) is -2.74. The lowest BCUT2D eigenvalue weighted by Crippen LogP contribution is -2.29. The Labute approximate surface area is 96.2 Å². The van der Waals surface area contributed by atoms with Gasteiger partial charge < -0.3 is 4.74 Å². The van der Waals surface area contributed by atoms with Gasteiger partial charge in [-0.05, 0) is 30.4 Å². The van der Waals surface area contributed by atoms with Gasteiger partial charge in [-0.25, -0.2) is 4.79 Å². The standard InChI is InChI=1S/C11H10O4S/c1-2-15-11(14)9(13)7-5-6-3-4-16-10(6)8(7)12/h3-4,7H,2,5H2,1H3. The van der Waals surface area contributed by atoms with Crippen LogP contribution in [-0.2, 0) is 20.7 Å². The SMILES string of the molecule is CCOC(=O)C(=O)C1Cc2ccsc2C1=O. The number of carbonyl (C=O) groups excluding carboxylic acids is 3. The molecule has 1 aromatic rings. The molecule has 2 rings (SSSR count). The summed E-state index contributed by atoms with van der Waals surface area (Å²) < 4.78 is 4.60. The Morgan fingerprint density at radius 1 is 1.56 bits per heavy atom. The zero-order valence-electron chi connectivity index (χ0n) is 8.69. The average molecular weight is 238 g/mol. The summed E-state index contributed by atoms with van der Waals surface area (Å²) in [7, 11) is 0. The molecule has 0 fully saturated rings. The molecule has 0 saturated heterocycles. The number of hydrogen-bond acceptors (Lipinski definition) is 5. The maximum absolute atomic E-state index is 11.8. The van der Waals surface area contributed by atoms with Gasteiger partial charge in [0, 0.05) is 0 Å². The summed E-state index contributed by atoms with van der Waals surface area (Å²) in [4.78, 5) is 35.2. The van der Waals surface area contributed by atoms with Crippen LogP contribution in [0.15, 0.2) is 11.4 Å². The van der Waals surface area contributed by atoms with E-state index in [0.717, 1.165) is 5.56 Å². The zero-order valence-corrected chi connectivity index (χ0v) is 9.50. The van der Waals surface area contributed by atoms with Crippen LogP contribution in [0.1, 0.15) is 22.2 Å². The van der Waals surface area contributed by atoms with Crippen LogP contribution in [0.2, 0.25) is 0 Å². The normalized spacial score (nSPS) is 18.3. The summed E-state index contributed by atoms with van der Waals surface area (Å²) in [6.45, 7) is 1.77. The first-order valence-corrected chi connectivity index (χ1v) is 5.84. The van der Waals surface area contributed by atoms with Crippen molar-refractivity contribution in [1.82, 2.24) is 0 Å². The zero-order chi connectivity index (χ0) is 11.7. The van der Waals surface area contributed by atoms with Gasteiger partial charge in [-0.15, -0.1) is 11.3 Å².